The first-order valence-electron chi connectivity index (χ1n) is 16.6. The van der Waals surface area contributed by atoms with Crippen molar-refractivity contribution in [2.75, 3.05) is 0 Å². The molecule has 6 aromatic rings. The van der Waals surface area contributed by atoms with Gasteiger partial charge >= 0.3 is 0 Å². The van der Waals surface area contributed by atoms with Crippen molar-refractivity contribution in [3.63, 3.8) is 0 Å². The van der Waals surface area contributed by atoms with Crippen LogP contribution in [0.15, 0.2) is 182 Å². The van der Waals surface area contributed by atoms with Crippen LogP contribution in [0.1, 0.15) is 38.5 Å². The molecular weight excluding hydrogens is 590 g/mol. The van der Waals surface area contributed by atoms with Gasteiger partial charge in [0.05, 0.1) is 0 Å². The lowest BCUT2D eigenvalue weighted by atomic mass is 10.1. The summed E-state index contributed by atoms with van der Waals surface area (Å²) in [5.74, 6) is 5.38. The highest BCUT2D eigenvalue weighted by Crippen LogP contribution is 2.45. The Morgan fingerprint density at radius 2 is 0.457 bits per heavy atom. The lowest BCUT2D eigenvalue weighted by molar-refractivity contribution is 0.673. The van der Waals surface area contributed by atoms with E-state index >= 15 is 0 Å². The molecule has 0 atom stereocenters. The normalized spacial score (nSPS) is 11.6. The molecular formula is C44H44P2. The maximum atomic E-state index is 2.69. The van der Waals surface area contributed by atoms with E-state index in [4.69, 9.17) is 0 Å². The lowest BCUT2D eigenvalue weighted by Gasteiger charge is -2.29. The minimum atomic E-state index is -1.87. The predicted octanol–water partition coefficient (Wildman–Crippen LogP) is 8.92. The van der Waals surface area contributed by atoms with Crippen LogP contribution >= 0.6 is 13.8 Å². The van der Waals surface area contributed by atoms with Crippen molar-refractivity contribution in [2.24, 2.45) is 0 Å². The molecule has 46 heavy (non-hydrogen) atoms. The minimum Gasteiger partial charge on any atom is -0.0742 e. The predicted molar refractivity (Wildman–Crippen MR) is 210 cm³/mol. The van der Waals surface area contributed by atoms with E-state index in [1.54, 1.807) is 0 Å². The van der Waals surface area contributed by atoms with Crippen molar-refractivity contribution in [3.8, 4) is 0 Å². The highest BCUT2D eigenvalue weighted by atomic mass is 31.2. The van der Waals surface area contributed by atoms with Crippen LogP contribution < -0.4 is 31.8 Å². The number of benzene rings is 6. The minimum absolute atomic E-state index is 1.12. The summed E-state index contributed by atoms with van der Waals surface area (Å²) >= 11 is 0. The smallest absolute Gasteiger partial charge is 0.0163 e. The lowest BCUT2D eigenvalue weighted by Crippen LogP contribution is -2.27. The van der Waals surface area contributed by atoms with Crippen LogP contribution in [0.4, 0.5) is 0 Å². The molecule has 0 amide bonds. The molecule has 0 saturated carbocycles. The number of hydrogen-bond donors (Lipinski definition) is 0. The molecule has 0 aromatic heterocycles. The summed E-state index contributed by atoms with van der Waals surface area (Å²) in [6, 6.07) is 67.2. The quantitative estimate of drug-likeness (QED) is 0.0879. The zero-order chi connectivity index (χ0) is 31.3. The second kappa shape index (κ2) is 16.0. The Kier molecular flexibility index (Phi) is 11.1. The molecule has 0 unspecified atom stereocenters. The molecule has 0 spiro atoms. The third kappa shape index (κ3) is 7.00. The summed E-state index contributed by atoms with van der Waals surface area (Å²) in [7, 11) is 0. The standard InChI is InChI=1S/C44H44P2/c1(3-23-37-45(39-25-11-5-12-26-39,40-27-13-6-14-28-40)41-29-15-7-16-30-41)2-4-24-38-46(42-31-17-8-18-32-42,43-33-19-9-20-34-43)44-35-21-10-22-36-44/h5-22,25-38H,1-4,23-24H2. The third-order valence-electron chi connectivity index (χ3n) is 8.94. The third-order valence-corrected chi connectivity index (χ3v) is 17.2. The van der Waals surface area contributed by atoms with E-state index in [0.29, 0.717) is 0 Å². The zero-order valence-electron chi connectivity index (χ0n) is 26.6. The van der Waals surface area contributed by atoms with Crippen LogP contribution in [0.3, 0.4) is 0 Å². The molecule has 0 saturated heterocycles. The monoisotopic (exact) mass is 634 g/mol. The van der Waals surface area contributed by atoms with Crippen molar-refractivity contribution in [2.45, 2.75) is 38.5 Å². The van der Waals surface area contributed by atoms with Gasteiger partial charge in [-0.1, -0.05) is 206 Å². The maximum absolute atomic E-state index is 2.69. The number of hydrogen-bond acceptors (Lipinski definition) is 0. The van der Waals surface area contributed by atoms with Crippen molar-refractivity contribution in [1.82, 2.24) is 0 Å². The summed E-state index contributed by atoms with van der Waals surface area (Å²) in [6.45, 7) is -3.73. The van der Waals surface area contributed by atoms with E-state index in [0.717, 1.165) is 12.8 Å². The fourth-order valence-corrected chi connectivity index (χ4v) is 14.8. The first-order chi connectivity index (χ1) is 22.8. The highest BCUT2D eigenvalue weighted by molar-refractivity contribution is 7.94. The van der Waals surface area contributed by atoms with E-state index in [9.17, 15) is 0 Å². The van der Waals surface area contributed by atoms with Gasteiger partial charge in [-0.3, -0.25) is 0 Å². The molecule has 0 aliphatic heterocycles. The molecule has 0 fully saturated rings. The van der Waals surface area contributed by atoms with Gasteiger partial charge in [-0.25, -0.2) is 0 Å². The highest BCUT2D eigenvalue weighted by Gasteiger charge is 2.25. The Morgan fingerprint density at radius 1 is 0.261 bits per heavy atom. The Bertz CT molecular complexity index is 1510. The Labute approximate surface area is 276 Å². The Morgan fingerprint density at radius 3 is 0.652 bits per heavy atom. The second-order valence-corrected chi connectivity index (χ2v) is 18.5. The van der Waals surface area contributed by atoms with Crippen molar-refractivity contribution in [3.05, 3.63) is 182 Å². The molecule has 0 nitrogen and oxygen atoms in total. The van der Waals surface area contributed by atoms with Gasteiger partial charge in [0.1, 0.15) is 0 Å². The van der Waals surface area contributed by atoms with Crippen LogP contribution in [0.5, 0.6) is 0 Å². The topological polar surface area (TPSA) is 0 Å². The molecule has 0 heterocycles. The van der Waals surface area contributed by atoms with E-state index in [2.05, 4.69) is 194 Å². The van der Waals surface area contributed by atoms with Gasteiger partial charge in [-0.15, -0.1) is 0 Å². The molecule has 230 valence electrons. The van der Waals surface area contributed by atoms with Crippen molar-refractivity contribution in [1.29, 1.82) is 0 Å². The summed E-state index contributed by atoms with van der Waals surface area (Å²) in [5.41, 5.74) is 0. The average Bonchev–Trinajstić information content (AvgIpc) is 3.15. The largest absolute Gasteiger partial charge is 0.0742 e. The van der Waals surface area contributed by atoms with Gasteiger partial charge in [0, 0.05) is 0 Å². The molecule has 0 aliphatic carbocycles. The van der Waals surface area contributed by atoms with Crippen LogP contribution in [0.2, 0.25) is 0 Å². The molecule has 2 heteroatoms. The fourth-order valence-electron chi connectivity index (χ4n) is 6.72. The van der Waals surface area contributed by atoms with Gasteiger partial charge in [0.25, 0.3) is 0 Å². The summed E-state index contributed by atoms with van der Waals surface area (Å²) in [5, 5.41) is 8.61. The van der Waals surface area contributed by atoms with Gasteiger partial charge < -0.3 is 0 Å². The molecule has 0 N–H and O–H groups in total. The maximum Gasteiger partial charge on any atom is -0.0163 e. The van der Waals surface area contributed by atoms with E-state index in [1.165, 1.54) is 57.5 Å². The van der Waals surface area contributed by atoms with Gasteiger partial charge in [0.15, 0.2) is 0 Å². The van der Waals surface area contributed by atoms with E-state index in [1.807, 2.05) is 0 Å². The van der Waals surface area contributed by atoms with E-state index in [-0.39, 0.29) is 0 Å². The fraction of sp³-hybridized carbons (Fsp3) is 0.136. The molecule has 0 radical (unpaired) electrons. The zero-order valence-corrected chi connectivity index (χ0v) is 28.4. The van der Waals surface area contributed by atoms with Crippen LogP contribution in [0.25, 0.3) is 0 Å². The second-order valence-electron chi connectivity index (χ2n) is 11.8. The number of unbranched alkanes of at least 4 members (excludes halogenated alkanes) is 5. The molecule has 0 aliphatic rings. The average molecular weight is 635 g/mol. The van der Waals surface area contributed by atoms with Gasteiger partial charge in [0.2, 0.25) is 0 Å². The summed E-state index contributed by atoms with van der Waals surface area (Å²) in [6.07, 6.45) is 7.15. The Balaban J connectivity index is 1.23. The first-order valence-corrected chi connectivity index (χ1v) is 20.4. The van der Waals surface area contributed by atoms with E-state index < -0.39 is 13.8 Å². The van der Waals surface area contributed by atoms with Crippen molar-refractivity contribution < 1.29 is 0 Å². The SMILES string of the molecule is C(CCCCCCC=P(c1ccccc1)(c1ccccc1)c1ccccc1)=P(c1ccccc1)(c1ccccc1)c1ccccc1. The summed E-state index contributed by atoms with van der Waals surface area (Å²) < 4.78 is 0. The van der Waals surface area contributed by atoms with Crippen LogP contribution in [0, 0.1) is 0 Å². The Hall–Kier alpha value is -4.08. The molecule has 6 aromatic carbocycles. The van der Waals surface area contributed by atoms with Crippen LogP contribution in [-0.4, -0.2) is 11.6 Å². The molecule has 0 bridgehead atoms. The molecule has 6 rings (SSSR count). The first kappa shape index (κ1) is 31.9. The summed E-state index contributed by atoms with van der Waals surface area (Å²) in [4.78, 5) is 0. The van der Waals surface area contributed by atoms with Gasteiger partial charge in [-0.2, -0.15) is 0 Å². The number of rotatable bonds is 13. The van der Waals surface area contributed by atoms with Crippen LogP contribution in [-0.2, 0) is 0 Å². The van der Waals surface area contributed by atoms with Gasteiger partial charge in [-0.05, 0) is 71.3 Å². The van der Waals surface area contributed by atoms with Crippen molar-refractivity contribution >= 4 is 57.2 Å².